The molecule has 0 radical (unpaired) electrons. The first kappa shape index (κ1) is 44.2. The minimum absolute atomic E-state index is 0.00750. The highest BCUT2D eigenvalue weighted by atomic mass is 32.2. The van der Waals surface area contributed by atoms with Crippen LogP contribution >= 0.6 is 0 Å². The lowest BCUT2D eigenvalue weighted by Crippen LogP contribution is -2.53. The third-order valence-corrected chi connectivity index (χ3v) is 13.4. The molecule has 12 heteroatoms. The van der Waals surface area contributed by atoms with E-state index in [0.29, 0.717) is 24.8 Å². The van der Waals surface area contributed by atoms with Gasteiger partial charge in [-0.25, -0.2) is 0 Å². The highest BCUT2D eigenvalue weighted by Gasteiger charge is 2.48. The molecule has 3 aliphatic rings. The van der Waals surface area contributed by atoms with Gasteiger partial charge in [0.15, 0.2) is 0 Å². The van der Waals surface area contributed by atoms with E-state index in [4.69, 9.17) is 10.1 Å². The Kier molecular flexibility index (Phi) is 12.5. The Morgan fingerprint density at radius 2 is 1.42 bits per heavy atom. The summed E-state index contributed by atoms with van der Waals surface area (Å²) in [6.07, 6.45) is 11.6. The number of anilines is 1. The van der Waals surface area contributed by atoms with Crippen molar-refractivity contribution in [1.29, 1.82) is 0 Å². The number of carbonyl (C=O) groups excluding carboxylic acids is 2. The molecule has 0 saturated heterocycles. The number of carboxylic acids is 1. The topological polar surface area (TPSA) is 165 Å². The molecule has 0 aromatic heterocycles. The molecular formula is C50H56N4O7S. The second kappa shape index (κ2) is 17.5. The molecule has 1 unspecified atom stereocenters. The molecule has 1 aliphatic carbocycles. The van der Waals surface area contributed by atoms with Gasteiger partial charge in [0.2, 0.25) is 11.8 Å². The van der Waals surface area contributed by atoms with Crippen LogP contribution in [-0.2, 0) is 35.3 Å². The van der Waals surface area contributed by atoms with Gasteiger partial charge in [0.25, 0.3) is 10.1 Å². The van der Waals surface area contributed by atoms with Crippen LogP contribution in [0.5, 0.6) is 0 Å². The van der Waals surface area contributed by atoms with Crippen molar-refractivity contribution in [2.45, 2.75) is 84.0 Å². The number of fused-ring (bicyclic) bond motifs is 6. The quantitative estimate of drug-likeness (QED) is 0.0523. The average molecular weight is 857 g/mol. The average Bonchev–Trinajstić information content (AvgIpc) is 3.63. The molecule has 11 nitrogen and oxygen atoms in total. The Morgan fingerprint density at radius 3 is 2.08 bits per heavy atom. The van der Waals surface area contributed by atoms with Crippen molar-refractivity contribution >= 4 is 66.5 Å². The van der Waals surface area contributed by atoms with E-state index in [2.05, 4.69) is 105 Å². The zero-order valence-electron chi connectivity index (χ0n) is 36.1. The SMILES string of the molecule is CCN1/C(=C/C=C2C=C(/C=C/C3=Nc4ccc5ccccc5c4C3(C)C)CC(C(=O)NCCCCCC(=O)O)(C(=O)NCCS(=O)(=O)O)C/2)C(C)(C)c2c1ccc1ccccc21. The van der Waals surface area contributed by atoms with Gasteiger partial charge >= 0.3 is 5.97 Å². The van der Waals surface area contributed by atoms with Gasteiger partial charge in [0, 0.05) is 48.3 Å². The summed E-state index contributed by atoms with van der Waals surface area (Å²) >= 11 is 0. The van der Waals surface area contributed by atoms with Crippen molar-refractivity contribution in [3.8, 4) is 0 Å². The maximum absolute atomic E-state index is 14.6. The molecular weight excluding hydrogens is 801 g/mol. The number of benzene rings is 4. The first-order valence-corrected chi connectivity index (χ1v) is 23.0. The number of aliphatic imine (C=N–C) groups is 1. The molecule has 0 fully saturated rings. The Labute approximate surface area is 364 Å². The van der Waals surface area contributed by atoms with Crippen molar-refractivity contribution < 1.29 is 32.5 Å². The molecule has 0 bridgehead atoms. The standard InChI is InChI=1S/C50H56N4O7S/c1-6-54-40-24-22-36-15-10-12-17-38(36)45(40)49(4,5)42(54)26-20-34-30-33(19-25-41-48(2,3)44-37-16-11-9-14-35(37)21-23-39(44)53-41)31-50(32-34,47(58)52-28-29-62(59,60)61)46(57)51-27-13-7-8-18-43(55)56/h9-12,14-17,19-26,30H,6-8,13,18,27-29,31-32H2,1-5H3,(H,51,57)(H,52,58)(H,55,56)(H,59,60,61)/b25-19+,34-20-,42-26+. The second-order valence-corrected chi connectivity index (χ2v) is 19.2. The molecule has 4 N–H and O–H groups in total. The first-order chi connectivity index (χ1) is 29.5. The molecule has 324 valence electrons. The zero-order valence-corrected chi connectivity index (χ0v) is 36.9. The lowest BCUT2D eigenvalue weighted by atomic mass is 9.70. The fraction of sp³-hybridized carbons (Fsp3) is 0.360. The van der Waals surface area contributed by atoms with Crippen LogP contribution in [0.1, 0.15) is 84.3 Å². The maximum Gasteiger partial charge on any atom is 0.303 e. The number of carboxylic acid groups (broad SMARTS) is 1. The fourth-order valence-corrected chi connectivity index (χ4v) is 9.91. The summed E-state index contributed by atoms with van der Waals surface area (Å²) < 4.78 is 32.9. The highest BCUT2D eigenvalue weighted by Crippen LogP contribution is 2.51. The van der Waals surface area contributed by atoms with E-state index in [1.165, 1.54) is 10.9 Å². The number of nitrogens with zero attached hydrogens (tertiary/aromatic N) is 2. The van der Waals surface area contributed by atoms with Gasteiger partial charge in [-0.3, -0.25) is 23.9 Å². The molecule has 4 aromatic carbocycles. The summed E-state index contributed by atoms with van der Waals surface area (Å²) in [6.45, 7) is 11.4. The van der Waals surface area contributed by atoms with Crippen LogP contribution in [0.2, 0.25) is 0 Å². The van der Waals surface area contributed by atoms with Crippen LogP contribution in [0.3, 0.4) is 0 Å². The normalized spacial score (nSPS) is 20.4. The predicted octanol–water partition coefficient (Wildman–Crippen LogP) is 9.01. The van der Waals surface area contributed by atoms with E-state index in [-0.39, 0.29) is 32.4 Å². The molecule has 0 spiro atoms. The smallest absolute Gasteiger partial charge is 0.303 e. The lowest BCUT2D eigenvalue weighted by Gasteiger charge is -2.35. The van der Waals surface area contributed by atoms with Gasteiger partial charge in [-0.15, -0.1) is 0 Å². The first-order valence-electron chi connectivity index (χ1n) is 21.4. The number of rotatable bonds is 15. The van der Waals surface area contributed by atoms with Crippen LogP contribution in [0.4, 0.5) is 11.4 Å². The van der Waals surface area contributed by atoms with Crippen molar-refractivity contribution in [2.24, 2.45) is 10.4 Å². The minimum Gasteiger partial charge on any atom is -0.481 e. The zero-order chi connectivity index (χ0) is 44.5. The number of amides is 2. The van der Waals surface area contributed by atoms with Crippen molar-refractivity contribution in [1.82, 2.24) is 10.6 Å². The molecule has 7 rings (SSSR count). The van der Waals surface area contributed by atoms with Crippen LogP contribution in [-0.4, -0.2) is 67.0 Å². The van der Waals surface area contributed by atoms with Crippen molar-refractivity contribution in [2.75, 3.05) is 30.3 Å². The van der Waals surface area contributed by atoms with Gasteiger partial charge in [-0.1, -0.05) is 113 Å². The Hall–Kier alpha value is -5.85. The van der Waals surface area contributed by atoms with Gasteiger partial charge in [0.1, 0.15) is 5.41 Å². The van der Waals surface area contributed by atoms with E-state index >= 15 is 0 Å². The van der Waals surface area contributed by atoms with Crippen LogP contribution in [0.15, 0.2) is 125 Å². The Bertz CT molecular complexity index is 2730. The number of aliphatic carboxylic acids is 1. The number of nitrogens with one attached hydrogen (secondary N) is 2. The maximum atomic E-state index is 14.6. The van der Waals surface area contributed by atoms with Gasteiger partial charge in [-0.2, -0.15) is 8.42 Å². The van der Waals surface area contributed by atoms with Crippen LogP contribution in [0, 0.1) is 5.41 Å². The number of hydrogen-bond acceptors (Lipinski definition) is 7. The largest absolute Gasteiger partial charge is 0.481 e. The van der Waals surface area contributed by atoms with Crippen molar-refractivity contribution in [3.05, 3.63) is 131 Å². The number of carbonyl (C=O) groups is 3. The molecule has 62 heavy (non-hydrogen) atoms. The molecule has 2 aliphatic heterocycles. The van der Waals surface area contributed by atoms with Gasteiger partial charge in [0.05, 0.1) is 17.2 Å². The third-order valence-electron chi connectivity index (χ3n) is 12.6. The molecule has 0 saturated carbocycles. The Balaban J connectivity index is 1.29. The number of unbranched alkanes of at least 4 members (excludes halogenated alkanes) is 2. The highest BCUT2D eigenvalue weighted by molar-refractivity contribution is 7.85. The lowest BCUT2D eigenvalue weighted by molar-refractivity contribution is -0.144. The monoisotopic (exact) mass is 856 g/mol. The van der Waals surface area contributed by atoms with E-state index < -0.39 is 49.9 Å². The van der Waals surface area contributed by atoms with Crippen LogP contribution < -0.4 is 15.5 Å². The fourth-order valence-electron chi connectivity index (χ4n) is 9.55. The number of likely N-dealkylation sites (N-methyl/N-ethyl adjacent to an activating group) is 1. The summed E-state index contributed by atoms with van der Waals surface area (Å²) in [6, 6.07) is 25.0. The molecule has 2 heterocycles. The van der Waals surface area contributed by atoms with Gasteiger partial charge in [-0.05, 0) is 101 Å². The molecule has 4 aromatic rings. The number of hydrogen-bond donors (Lipinski definition) is 4. The van der Waals surface area contributed by atoms with E-state index in [1.807, 2.05) is 48.6 Å². The van der Waals surface area contributed by atoms with Crippen molar-refractivity contribution in [3.63, 3.8) is 0 Å². The second-order valence-electron chi connectivity index (χ2n) is 17.6. The summed E-state index contributed by atoms with van der Waals surface area (Å²) in [5, 5.41) is 19.3. The Morgan fingerprint density at radius 1 is 0.774 bits per heavy atom. The van der Waals surface area contributed by atoms with E-state index in [9.17, 15) is 27.4 Å². The molecule has 1 atom stereocenters. The summed E-state index contributed by atoms with van der Waals surface area (Å²) in [7, 11) is -4.40. The van der Waals surface area contributed by atoms with E-state index in [0.717, 1.165) is 56.6 Å². The van der Waals surface area contributed by atoms with E-state index in [1.54, 1.807) is 0 Å². The summed E-state index contributed by atoms with van der Waals surface area (Å²) in [5.74, 6) is -2.78. The predicted molar refractivity (Wildman–Crippen MR) is 248 cm³/mol. The molecule has 2 amide bonds. The minimum atomic E-state index is -4.40. The summed E-state index contributed by atoms with van der Waals surface area (Å²) in [5.41, 5.74) is 5.16. The van der Waals surface area contributed by atoms with Gasteiger partial charge < -0.3 is 20.6 Å². The van der Waals surface area contributed by atoms with Crippen LogP contribution in [0.25, 0.3) is 21.5 Å². The number of allylic oxidation sites excluding steroid dienone is 8. The third kappa shape index (κ3) is 8.76. The summed E-state index contributed by atoms with van der Waals surface area (Å²) in [4.78, 5) is 47.5.